The Morgan fingerprint density at radius 1 is 1.33 bits per heavy atom. The third kappa shape index (κ3) is 2.53. The molecule has 0 spiro atoms. The first kappa shape index (κ1) is 13.0. The fourth-order valence-corrected chi connectivity index (χ4v) is 2.16. The maximum absolute atomic E-state index is 12.2. The molecule has 0 radical (unpaired) electrons. The van der Waals surface area contributed by atoms with Crippen LogP contribution >= 0.6 is 15.9 Å². The second-order valence-electron chi connectivity index (χ2n) is 4.44. The molecule has 4 heteroatoms. The van der Waals surface area contributed by atoms with Gasteiger partial charge in [0.1, 0.15) is 6.54 Å². The molecule has 1 heterocycles. The molecule has 0 saturated heterocycles. The van der Waals surface area contributed by atoms with E-state index in [1.54, 1.807) is 4.68 Å². The van der Waals surface area contributed by atoms with Crippen LogP contribution in [0, 0.1) is 20.8 Å². The molecule has 0 aliphatic carbocycles. The van der Waals surface area contributed by atoms with Crippen molar-refractivity contribution >= 4 is 21.7 Å². The summed E-state index contributed by atoms with van der Waals surface area (Å²) >= 11 is 3.46. The fourth-order valence-electron chi connectivity index (χ4n) is 1.87. The van der Waals surface area contributed by atoms with Crippen LogP contribution in [-0.2, 0) is 6.54 Å². The minimum Gasteiger partial charge on any atom is -0.292 e. The second kappa shape index (κ2) is 5.06. The van der Waals surface area contributed by atoms with Crippen molar-refractivity contribution in [2.75, 3.05) is 0 Å². The van der Waals surface area contributed by atoms with Crippen LogP contribution < -0.4 is 0 Å². The van der Waals surface area contributed by atoms with Crippen LogP contribution in [0.2, 0.25) is 0 Å². The summed E-state index contributed by atoms with van der Waals surface area (Å²) in [7, 11) is 0. The molecule has 0 saturated carbocycles. The van der Waals surface area contributed by atoms with Crippen molar-refractivity contribution in [3.8, 4) is 0 Å². The Labute approximate surface area is 115 Å². The lowest BCUT2D eigenvalue weighted by Crippen LogP contribution is -2.13. The van der Waals surface area contributed by atoms with Crippen LogP contribution in [0.25, 0.3) is 0 Å². The molecule has 0 atom stereocenters. The molecule has 1 aromatic carbocycles. The summed E-state index contributed by atoms with van der Waals surface area (Å²) in [4.78, 5) is 12.2. The number of aryl methyl sites for hydroxylation is 2. The highest BCUT2D eigenvalue weighted by atomic mass is 79.9. The molecule has 0 unspecified atom stereocenters. The first-order chi connectivity index (χ1) is 8.49. The molecule has 94 valence electrons. The molecule has 0 bridgehead atoms. The van der Waals surface area contributed by atoms with Gasteiger partial charge in [-0.2, -0.15) is 5.10 Å². The van der Waals surface area contributed by atoms with E-state index in [0.717, 1.165) is 27.0 Å². The Bertz CT molecular complexity index is 602. The third-order valence-electron chi connectivity index (χ3n) is 2.93. The SMILES string of the molecule is Cc1cccc(C(=O)Cn2nc(C)c(Br)c2C)c1. The minimum absolute atomic E-state index is 0.0804. The number of hydrogen-bond donors (Lipinski definition) is 0. The lowest BCUT2D eigenvalue weighted by Gasteiger charge is -2.04. The van der Waals surface area contributed by atoms with Crippen molar-refractivity contribution in [1.82, 2.24) is 9.78 Å². The maximum Gasteiger partial charge on any atom is 0.184 e. The highest BCUT2D eigenvalue weighted by Gasteiger charge is 2.13. The van der Waals surface area contributed by atoms with Gasteiger partial charge in [-0.3, -0.25) is 9.48 Å². The topological polar surface area (TPSA) is 34.9 Å². The molecule has 0 N–H and O–H groups in total. The molecule has 0 amide bonds. The zero-order valence-electron chi connectivity index (χ0n) is 10.7. The van der Waals surface area contributed by atoms with E-state index in [1.165, 1.54) is 0 Å². The molecule has 1 aromatic heterocycles. The van der Waals surface area contributed by atoms with E-state index in [2.05, 4.69) is 21.0 Å². The Morgan fingerprint density at radius 2 is 2.06 bits per heavy atom. The van der Waals surface area contributed by atoms with Gasteiger partial charge in [0.15, 0.2) is 5.78 Å². The van der Waals surface area contributed by atoms with Crippen LogP contribution in [-0.4, -0.2) is 15.6 Å². The highest BCUT2D eigenvalue weighted by molar-refractivity contribution is 9.10. The zero-order valence-corrected chi connectivity index (χ0v) is 12.3. The largest absolute Gasteiger partial charge is 0.292 e. The normalized spacial score (nSPS) is 10.7. The van der Waals surface area contributed by atoms with Gasteiger partial charge < -0.3 is 0 Å². The number of rotatable bonds is 3. The number of Topliss-reactive ketones (excluding diaryl/α,β-unsaturated/α-hetero) is 1. The molecular formula is C14H15BrN2O. The molecule has 0 aliphatic heterocycles. The van der Waals surface area contributed by atoms with Crippen molar-refractivity contribution in [2.24, 2.45) is 0 Å². The van der Waals surface area contributed by atoms with Crippen molar-refractivity contribution in [2.45, 2.75) is 27.3 Å². The summed E-state index contributed by atoms with van der Waals surface area (Å²) in [6.07, 6.45) is 0. The number of aromatic nitrogens is 2. The maximum atomic E-state index is 12.2. The van der Waals surface area contributed by atoms with Crippen LogP contribution in [0.1, 0.15) is 27.3 Å². The Balaban J connectivity index is 2.24. The van der Waals surface area contributed by atoms with E-state index in [1.807, 2.05) is 45.0 Å². The number of benzene rings is 1. The highest BCUT2D eigenvalue weighted by Crippen LogP contribution is 2.20. The summed E-state index contributed by atoms with van der Waals surface area (Å²) in [5, 5.41) is 4.35. The monoisotopic (exact) mass is 306 g/mol. The van der Waals surface area contributed by atoms with E-state index in [-0.39, 0.29) is 12.3 Å². The predicted molar refractivity (Wildman–Crippen MR) is 74.9 cm³/mol. The van der Waals surface area contributed by atoms with Gasteiger partial charge in [0.25, 0.3) is 0 Å². The number of hydrogen-bond acceptors (Lipinski definition) is 2. The van der Waals surface area contributed by atoms with Crippen LogP contribution in [0.4, 0.5) is 0 Å². The standard InChI is InChI=1S/C14H15BrN2O/c1-9-5-4-6-12(7-9)13(18)8-17-11(3)14(15)10(2)16-17/h4-7H,8H2,1-3H3. The van der Waals surface area contributed by atoms with Gasteiger partial charge in [0.2, 0.25) is 0 Å². The first-order valence-corrected chi connectivity index (χ1v) is 6.57. The molecule has 18 heavy (non-hydrogen) atoms. The molecule has 0 fully saturated rings. The summed E-state index contributed by atoms with van der Waals surface area (Å²) in [5.41, 5.74) is 3.71. The molecule has 3 nitrogen and oxygen atoms in total. The Hall–Kier alpha value is -1.42. The average molecular weight is 307 g/mol. The van der Waals surface area contributed by atoms with E-state index in [0.29, 0.717) is 0 Å². The number of nitrogens with zero attached hydrogens (tertiary/aromatic N) is 2. The number of carbonyl (C=O) groups is 1. The number of ketones is 1. The van der Waals surface area contributed by atoms with E-state index in [4.69, 9.17) is 0 Å². The Morgan fingerprint density at radius 3 is 2.61 bits per heavy atom. The van der Waals surface area contributed by atoms with E-state index >= 15 is 0 Å². The summed E-state index contributed by atoms with van der Waals surface area (Å²) in [6, 6.07) is 7.63. The summed E-state index contributed by atoms with van der Waals surface area (Å²) < 4.78 is 2.71. The van der Waals surface area contributed by atoms with Gasteiger partial charge in [-0.15, -0.1) is 0 Å². The smallest absolute Gasteiger partial charge is 0.184 e. The van der Waals surface area contributed by atoms with Crippen molar-refractivity contribution in [3.05, 3.63) is 51.3 Å². The van der Waals surface area contributed by atoms with Crippen LogP contribution in [0.5, 0.6) is 0 Å². The Kier molecular flexibility index (Phi) is 3.66. The first-order valence-electron chi connectivity index (χ1n) is 5.78. The van der Waals surface area contributed by atoms with E-state index < -0.39 is 0 Å². The van der Waals surface area contributed by atoms with Gasteiger partial charge in [0.05, 0.1) is 15.9 Å². The summed E-state index contributed by atoms with van der Waals surface area (Å²) in [5.74, 6) is 0.0804. The minimum atomic E-state index is 0.0804. The molecular weight excluding hydrogens is 292 g/mol. The van der Waals surface area contributed by atoms with Gasteiger partial charge in [-0.05, 0) is 42.8 Å². The second-order valence-corrected chi connectivity index (χ2v) is 5.23. The third-order valence-corrected chi connectivity index (χ3v) is 4.07. The molecule has 0 aliphatic rings. The van der Waals surface area contributed by atoms with Gasteiger partial charge >= 0.3 is 0 Å². The van der Waals surface area contributed by atoms with Crippen LogP contribution in [0.15, 0.2) is 28.7 Å². The summed E-state index contributed by atoms with van der Waals surface area (Å²) in [6.45, 7) is 6.14. The van der Waals surface area contributed by atoms with Crippen LogP contribution in [0.3, 0.4) is 0 Å². The van der Waals surface area contributed by atoms with Crippen molar-refractivity contribution < 1.29 is 4.79 Å². The lowest BCUT2D eigenvalue weighted by atomic mass is 10.1. The molecule has 2 aromatic rings. The van der Waals surface area contributed by atoms with Crippen molar-refractivity contribution in [1.29, 1.82) is 0 Å². The van der Waals surface area contributed by atoms with Gasteiger partial charge in [-0.25, -0.2) is 0 Å². The van der Waals surface area contributed by atoms with Crippen molar-refractivity contribution in [3.63, 3.8) is 0 Å². The fraction of sp³-hybridized carbons (Fsp3) is 0.286. The lowest BCUT2D eigenvalue weighted by molar-refractivity contribution is 0.0966. The van der Waals surface area contributed by atoms with E-state index in [9.17, 15) is 4.79 Å². The number of halogens is 1. The van der Waals surface area contributed by atoms with Gasteiger partial charge in [-0.1, -0.05) is 23.8 Å². The zero-order chi connectivity index (χ0) is 13.3. The van der Waals surface area contributed by atoms with Gasteiger partial charge in [0, 0.05) is 5.56 Å². The average Bonchev–Trinajstić information content (AvgIpc) is 2.57. The quantitative estimate of drug-likeness (QED) is 0.814. The number of carbonyl (C=O) groups excluding carboxylic acids is 1. The predicted octanol–water partition coefficient (Wildman–Crippen LogP) is 3.45. The molecule has 2 rings (SSSR count).